The van der Waals surface area contributed by atoms with E-state index in [-0.39, 0.29) is 5.78 Å². The Balaban J connectivity index is 2.17. The molecule has 0 spiro atoms. The molecule has 0 atom stereocenters. The molecule has 0 saturated carbocycles. The fraction of sp³-hybridized carbons (Fsp3) is 0.235. The number of aryl methyl sites for hydroxylation is 1. The van der Waals surface area contributed by atoms with Gasteiger partial charge in [0, 0.05) is 18.2 Å². The summed E-state index contributed by atoms with van der Waals surface area (Å²) in [5.41, 5.74) is 2.39. The van der Waals surface area contributed by atoms with Crippen molar-refractivity contribution in [3.63, 3.8) is 0 Å². The number of methoxy groups -OCH3 is 1. The minimum Gasteiger partial charge on any atom is -0.490 e. The Hall–Kier alpha value is -1.65. The van der Waals surface area contributed by atoms with Crippen LogP contribution in [-0.4, -0.2) is 26.1 Å². The summed E-state index contributed by atoms with van der Waals surface area (Å²) in [4.78, 5) is 12.4. The quantitative estimate of drug-likeness (QED) is 0.584. The summed E-state index contributed by atoms with van der Waals surface area (Å²) in [5, 5.41) is 0. The second kappa shape index (κ2) is 7.38. The Bertz CT molecular complexity index is 638. The van der Waals surface area contributed by atoms with Gasteiger partial charge in [0.25, 0.3) is 0 Å². The fourth-order valence-corrected chi connectivity index (χ4v) is 2.44. The molecule has 110 valence electrons. The van der Waals surface area contributed by atoms with E-state index >= 15 is 0 Å². The molecular formula is C17H17BrO3. The van der Waals surface area contributed by atoms with E-state index in [0.717, 1.165) is 10.0 Å². The molecule has 0 aromatic heterocycles. The molecule has 0 fully saturated rings. The number of rotatable bonds is 6. The summed E-state index contributed by atoms with van der Waals surface area (Å²) in [6.45, 7) is 2.97. The number of halogens is 1. The molecule has 2 aromatic carbocycles. The standard InChI is InChI=1S/C17H17BrO3/c1-12-4-3-5-13(10-12)17(19)14-6-7-16(15(18)11-14)21-9-8-20-2/h3-7,10-11H,8-9H2,1-2H3. The van der Waals surface area contributed by atoms with Gasteiger partial charge < -0.3 is 9.47 Å². The maximum atomic E-state index is 12.4. The highest BCUT2D eigenvalue weighted by atomic mass is 79.9. The van der Waals surface area contributed by atoms with Crippen molar-refractivity contribution < 1.29 is 14.3 Å². The van der Waals surface area contributed by atoms with Gasteiger partial charge in [-0.3, -0.25) is 4.79 Å². The molecule has 0 amide bonds. The highest BCUT2D eigenvalue weighted by Gasteiger charge is 2.11. The molecule has 0 aliphatic heterocycles. The predicted octanol–water partition coefficient (Wildman–Crippen LogP) is 4.01. The van der Waals surface area contributed by atoms with Gasteiger partial charge in [-0.25, -0.2) is 0 Å². The van der Waals surface area contributed by atoms with Gasteiger partial charge >= 0.3 is 0 Å². The third-order valence-corrected chi connectivity index (χ3v) is 3.64. The van der Waals surface area contributed by atoms with Crippen LogP contribution >= 0.6 is 15.9 Å². The average Bonchev–Trinajstić information content (AvgIpc) is 2.48. The Morgan fingerprint density at radius 2 is 1.86 bits per heavy atom. The monoisotopic (exact) mass is 348 g/mol. The van der Waals surface area contributed by atoms with E-state index in [0.29, 0.717) is 30.1 Å². The zero-order valence-corrected chi connectivity index (χ0v) is 13.6. The highest BCUT2D eigenvalue weighted by Crippen LogP contribution is 2.27. The van der Waals surface area contributed by atoms with Gasteiger partial charge in [0.15, 0.2) is 5.78 Å². The average molecular weight is 349 g/mol. The molecule has 2 rings (SSSR count). The molecule has 21 heavy (non-hydrogen) atoms. The van der Waals surface area contributed by atoms with Gasteiger partial charge in [-0.05, 0) is 47.1 Å². The van der Waals surface area contributed by atoms with Crippen LogP contribution in [-0.2, 0) is 4.74 Å². The zero-order chi connectivity index (χ0) is 15.2. The van der Waals surface area contributed by atoms with Crippen LogP contribution < -0.4 is 4.74 Å². The van der Waals surface area contributed by atoms with Crippen molar-refractivity contribution in [1.82, 2.24) is 0 Å². The first-order valence-electron chi connectivity index (χ1n) is 6.64. The van der Waals surface area contributed by atoms with Crippen molar-refractivity contribution in [1.29, 1.82) is 0 Å². The smallest absolute Gasteiger partial charge is 0.193 e. The minimum absolute atomic E-state index is 0.00263. The SMILES string of the molecule is COCCOc1ccc(C(=O)c2cccc(C)c2)cc1Br. The number of hydrogen-bond acceptors (Lipinski definition) is 3. The molecular weight excluding hydrogens is 332 g/mol. The molecule has 0 saturated heterocycles. The molecule has 3 nitrogen and oxygen atoms in total. The molecule has 0 radical (unpaired) electrons. The summed E-state index contributed by atoms with van der Waals surface area (Å²) >= 11 is 3.44. The highest BCUT2D eigenvalue weighted by molar-refractivity contribution is 9.10. The van der Waals surface area contributed by atoms with E-state index in [4.69, 9.17) is 9.47 Å². The normalized spacial score (nSPS) is 10.4. The van der Waals surface area contributed by atoms with Gasteiger partial charge in [0.05, 0.1) is 11.1 Å². The van der Waals surface area contributed by atoms with Gasteiger partial charge in [-0.15, -0.1) is 0 Å². The van der Waals surface area contributed by atoms with E-state index in [1.165, 1.54) is 0 Å². The van der Waals surface area contributed by atoms with Crippen LogP contribution in [0.3, 0.4) is 0 Å². The lowest BCUT2D eigenvalue weighted by molar-refractivity contribution is 0.103. The Morgan fingerprint density at radius 3 is 2.52 bits per heavy atom. The molecule has 4 heteroatoms. The predicted molar refractivity (Wildman–Crippen MR) is 86.1 cm³/mol. The summed E-state index contributed by atoms with van der Waals surface area (Å²) in [7, 11) is 1.63. The maximum Gasteiger partial charge on any atom is 0.193 e. The van der Waals surface area contributed by atoms with Crippen molar-refractivity contribution in [2.45, 2.75) is 6.92 Å². The van der Waals surface area contributed by atoms with Crippen molar-refractivity contribution in [3.8, 4) is 5.75 Å². The second-order valence-corrected chi connectivity index (χ2v) is 5.54. The molecule has 0 N–H and O–H groups in total. The lowest BCUT2D eigenvalue weighted by Gasteiger charge is -2.09. The number of carbonyl (C=O) groups is 1. The lowest BCUT2D eigenvalue weighted by Crippen LogP contribution is -2.06. The minimum atomic E-state index is 0.00263. The zero-order valence-electron chi connectivity index (χ0n) is 12.1. The van der Waals surface area contributed by atoms with Gasteiger partial charge in [-0.2, -0.15) is 0 Å². The van der Waals surface area contributed by atoms with E-state index < -0.39 is 0 Å². The van der Waals surface area contributed by atoms with Crippen molar-refractivity contribution >= 4 is 21.7 Å². The van der Waals surface area contributed by atoms with Gasteiger partial charge in [0.1, 0.15) is 12.4 Å². The molecule has 0 heterocycles. The molecule has 0 aliphatic carbocycles. The Morgan fingerprint density at radius 1 is 1.10 bits per heavy atom. The van der Waals surface area contributed by atoms with E-state index in [9.17, 15) is 4.79 Å². The molecule has 0 unspecified atom stereocenters. The summed E-state index contributed by atoms with van der Waals surface area (Å²) in [5.74, 6) is 0.704. The van der Waals surface area contributed by atoms with Crippen LogP contribution in [0, 0.1) is 6.92 Å². The van der Waals surface area contributed by atoms with Crippen LogP contribution in [0.25, 0.3) is 0 Å². The van der Waals surface area contributed by atoms with Crippen LogP contribution in [0.5, 0.6) is 5.75 Å². The summed E-state index contributed by atoms with van der Waals surface area (Å²) < 4.78 is 11.3. The number of carbonyl (C=O) groups excluding carboxylic acids is 1. The molecule has 0 bridgehead atoms. The number of ether oxygens (including phenoxy) is 2. The third kappa shape index (κ3) is 4.16. The first-order chi connectivity index (χ1) is 10.1. The van der Waals surface area contributed by atoms with E-state index in [2.05, 4.69) is 15.9 Å². The van der Waals surface area contributed by atoms with Crippen LogP contribution in [0.2, 0.25) is 0 Å². The van der Waals surface area contributed by atoms with Crippen molar-refractivity contribution in [2.75, 3.05) is 20.3 Å². The lowest BCUT2D eigenvalue weighted by atomic mass is 10.0. The van der Waals surface area contributed by atoms with Crippen molar-refractivity contribution in [3.05, 3.63) is 63.6 Å². The molecule has 2 aromatic rings. The van der Waals surface area contributed by atoms with Gasteiger partial charge in [-0.1, -0.05) is 23.8 Å². The summed E-state index contributed by atoms with van der Waals surface area (Å²) in [6, 6.07) is 12.9. The number of hydrogen-bond donors (Lipinski definition) is 0. The first-order valence-corrected chi connectivity index (χ1v) is 7.44. The second-order valence-electron chi connectivity index (χ2n) is 4.69. The topological polar surface area (TPSA) is 35.5 Å². The van der Waals surface area contributed by atoms with E-state index in [1.807, 2.05) is 31.2 Å². The van der Waals surface area contributed by atoms with Crippen molar-refractivity contribution in [2.24, 2.45) is 0 Å². The summed E-state index contributed by atoms with van der Waals surface area (Å²) in [6.07, 6.45) is 0. The van der Waals surface area contributed by atoms with Crippen LogP contribution in [0.15, 0.2) is 46.9 Å². The van der Waals surface area contributed by atoms with Crippen LogP contribution in [0.1, 0.15) is 21.5 Å². The maximum absolute atomic E-state index is 12.4. The Kier molecular flexibility index (Phi) is 5.53. The number of benzene rings is 2. The van der Waals surface area contributed by atoms with Crippen LogP contribution in [0.4, 0.5) is 0 Å². The van der Waals surface area contributed by atoms with E-state index in [1.54, 1.807) is 25.3 Å². The third-order valence-electron chi connectivity index (χ3n) is 3.02. The Labute approximate surface area is 133 Å². The van der Waals surface area contributed by atoms with Gasteiger partial charge in [0.2, 0.25) is 0 Å². The number of ketones is 1. The first kappa shape index (κ1) is 15.7. The molecule has 0 aliphatic rings. The largest absolute Gasteiger partial charge is 0.490 e. The fourth-order valence-electron chi connectivity index (χ4n) is 1.95.